The standard InChI is InChI=1S/C19H23ClN2O2/c1-23-19-4-2-14(10-16(19)20)18-5-3-15(24-18)11-21-17-12-22-8-6-13(17)7-9-22/h2-5,10,13,17,21H,6-9,11-12H2,1H3/t17-/m1/s1. The van der Waals surface area contributed by atoms with Crippen LogP contribution in [0.3, 0.4) is 0 Å². The highest BCUT2D eigenvalue weighted by Gasteiger charge is 2.33. The van der Waals surface area contributed by atoms with Crippen molar-refractivity contribution in [1.29, 1.82) is 0 Å². The highest BCUT2D eigenvalue weighted by atomic mass is 35.5. The molecule has 0 radical (unpaired) electrons. The summed E-state index contributed by atoms with van der Waals surface area (Å²) in [7, 11) is 1.62. The molecule has 1 aromatic heterocycles. The number of nitrogens with one attached hydrogen (secondary N) is 1. The fourth-order valence-electron chi connectivity index (χ4n) is 3.88. The van der Waals surface area contributed by atoms with Gasteiger partial charge in [-0.25, -0.2) is 0 Å². The highest BCUT2D eigenvalue weighted by Crippen LogP contribution is 2.31. The zero-order valence-electron chi connectivity index (χ0n) is 13.9. The Kier molecular flexibility index (Phi) is 4.53. The third kappa shape index (κ3) is 3.18. The molecule has 1 N–H and O–H groups in total. The van der Waals surface area contributed by atoms with Gasteiger partial charge in [0.05, 0.1) is 18.7 Å². The zero-order valence-corrected chi connectivity index (χ0v) is 14.7. The molecule has 5 rings (SSSR count). The summed E-state index contributed by atoms with van der Waals surface area (Å²) in [6.07, 6.45) is 2.65. The van der Waals surface area contributed by atoms with Crippen LogP contribution in [0.1, 0.15) is 18.6 Å². The first kappa shape index (κ1) is 16.0. The number of ether oxygens (including phenoxy) is 1. The Morgan fingerprint density at radius 2 is 2.08 bits per heavy atom. The monoisotopic (exact) mass is 346 g/mol. The van der Waals surface area contributed by atoms with Gasteiger partial charge >= 0.3 is 0 Å². The Morgan fingerprint density at radius 3 is 2.75 bits per heavy atom. The number of hydrogen-bond acceptors (Lipinski definition) is 4. The summed E-state index contributed by atoms with van der Waals surface area (Å²) in [6, 6.07) is 10.4. The molecule has 1 atom stereocenters. The van der Waals surface area contributed by atoms with Gasteiger partial charge in [0.2, 0.25) is 0 Å². The minimum Gasteiger partial charge on any atom is -0.495 e. The largest absolute Gasteiger partial charge is 0.495 e. The van der Waals surface area contributed by atoms with Gasteiger partial charge in [0.1, 0.15) is 17.3 Å². The molecule has 0 amide bonds. The van der Waals surface area contributed by atoms with Gasteiger partial charge in [0.15, 0.2) is 0 Å². The van der Waals surface area contributed by atoms with Crippen LogP contribution in [0.2, 0.25) is 5.02 Å². The second-order valence-corrected chi connectivity index (χ2v) is 7.15. The minimum atomic E-state index is 0.594. The number of fused-ring (bicyclic) bond motifs is 3. The number of piperidine rings is 3. The molecular formula is C19H23ClN2O2. The molecule has 4 nitrogen and oxygen atoms in total. The van der Waals surface area contributed by atoms with Crippen molar-refractivity contribution in [1.82, 2.24) is 10.2 Å². The molecule has 0 saturated carbocycles. The molecule has 24 heavy (non-hydrogen) atoms. The van der Waals surface area contributed by atoms with E-state index < -0.39 is 0 Å². The van der Waals surface area contributed by atoms with Crippen molar-refractivity contribution in [2.75, 3.05) is 26.7 Å². The van der Waals surface area contributed by atoms with Gasteiger partial charge < -0.3 is 19.4 Å². The van der Waals surface area contributed by atoms with Crippen LogP contribution in [0, 0.1) is 5.92 Å². The van der Waals surface area contributed by atoms with E-state index >= 15 is 0 Å². The normalized spacial score (nSPS) is 25.8. The van der Waals surface area contributed by atoms with Gasteiger partial charge in [-0.2, -0.15) is 0 Å². The Balaban J connectivity index is 1.40. The average Bonchev–Trinajstić information content (AvgIpc) is 3.10. The molecule has 0 aliphatic carbocycles. The molecular weight excluding hydrogens is 324 g/mol. The van der Waals surface area contributed by atoms with E-state index in [1.54, 1.807) is 7.11 Å². The molecule has 3 saturated heterocycles. The quantitative estimate of drug-likeness (QED) is 0.893. The number of hydrogen-bond donors (Lipinski definition) is 1. The molecule has 3 aliphatic heterocycles. The van der Waals surface area contributed by atoms with Crippen LogP contribution in [0.4, 0.5) is 0 Å². The molecule has 128 valence electrons. The molecule has 3 aliphatic rings. The lowest BCUT2D eigenvalue weighted by atomic mass is 9.84. The molecule has 0 unspecified atom stereocenters. The van der Waals surface area contributed by atoms with Crippen LogP contribution in [0.25, 0.3) is 11.3 Å². The molecule has 2 aromatic rings. The van der Waals surface area contributed by atoms with Crippen LogP contribution < -0.4 is 10.1 Å². The number of halogens is 1. The van der Waals surface area contributed by atoms with E-state index in [1.165, 1.54) is 32.5 Å². The van der Waals surface area contributed by atoms with Crippen LogP contribution in [0.15, 0.2) is 34.7 Å². The summed E-state index contributed by atoms with van der Waals surface area (Å²) in [4.78, 5) is 2.56. The van der Waals surface area contributed by atoms with Gasteiger partial charge in [-0.1, -0.05) is 11.6 Å². The fraction of sp³-hybridized carbons (Fsp3) is 0.474. The number of furan rings is 1. The average molecular weight is 347 g/mol. The zero-order chi connectivity index (χ0) is 16.5. The lowest BCUT2D eigenvalue weighted by Gasteiger charge is -2.45. The molecule has 0 spiro atoms. The van der Waals surface area contributed by atoms with Crippen LogP contribution in [0.5, 0.6) is 5.75 Å². The van der Waals surface area contributed by atoms with Crippen molar-refractivity contribution >= 4 is 11.6 Å². The molecule has 2 bridgehead atoms. The summed E-state index contributed by atoms with van der Waals surface area (Å²) in [5, 5.41) is 4.28. The number of benzene rings is 1. The first-order chi connectivity index (χ1) is 11.7. The first-order valence-electron chi connectivity index (χ1n) is 8.61. The van der Waals surface area contributed by atoms with Gasteiger partial charge in [-0.05, 0) is 62.2 Å². The predicted molar refractivity (Wildman–Crippen MR) is 95.5 cm³/mol. The van der Waals surface area contributed by atoms with E-state index in [2.05, 4.69) is 10.2 Å². The Morgan fingerprint density at radius 1 is 1.25 bits per heavy atom. The van der Waals surface area contributed by atoms with Crippen molar-refractivity contribution in [2.45, 2.75) is 25.4 Å². The summed E-state index contributed by atoms with van der Waals surface area (Å²) in [5.41, 5.74) is 0.967. The van der Waals surface area contributed by atoms with Crippen molar-refractivity contribution in [3.8, 4) is 17.1 Å². The number of nitrogens with zero attached hydrogens (tertiary/aromatic N) is 1. The van der Waals surface area contributed by atoms with E-state index in [9.17, 15) is 0 Å². The SMILES string of the molecule is COc1ccc(-c2ccc(CN[C@@H]3CN4CCC3CC4)o2)cc1Cl. The maximum absolute atomic E-state index is 6.20. The van der Waals surface area contributed by atoms with E-state index in [4.69, 9.17) is 20.8 Å². The summed E-state index contributed by atoms with van der Waals surface area (Å²) in [5.74, 6) is 3.31. The van der Waals surface area contributed by atoms with Gasteiger partial charge in [-0.15, -0.1) is 0 Å². The Bertz CT molecular complexity index is 707. The third-order valence-electron chi connectivity index (χ3n) is 5.29. The van der Waals surface area contributed by atoms with Crippen molar-refractivity contribution in [3.63, 3.8) is 0 Å². The van der Waals surface area contributed by atoms with E-state index in [0.29, 0.717) is 16.8 Å². The summed E-state index contributed by atoms with van der Waals surface area (Å²) >= 11 is 6.20. The number of methoxy groups -OCH3 is 1. The van der Waals surface area contributed by atoms with Crippen LogP contribution in [-0.2, 0) is 6.54 Å². The lowest BCUT2D eigenvalue weighted by Crippen LogP contribution is -2.55. The van der Waals surface area contributed by atoms with E-state index in [1.807, 2.05) is 30.3 Å². The Hall–Kier alpha value is -1.49. The summed E-state index contributed by atoms with van der Waals surface area (Å²) in [6.45, 7) is 4.49. The van der Waals surface area contributed by atoms with Gasteiger partial charge in [0.25, 0.3) is 0 Å². The third-order valence-corrected chi connectivity index (χ3v) is 5.59. The maximum atomic E-state index is 6.20. The van der Waals surface area contributed by atoms with Crippen molar-refractivity contribution in [3.05, 3.63) is 41.1 Å². The van der Waals surface area contributed by atoms with Crippen molar-refractivity contribution < 1.29 is 9.15 Å². The minimum absolute atomic E-state index is 0.594. The smallest absolute Gasteiger partial charge is 0.137 e. The highest BCUT2D eigenvalue weighted by molar-refractivity contribution is 6.32. The summed E-state index contributed by atoms with van der Waals surface area (Å²) < 4.78 is 11.2. The van der Waals surface area contributed by atoms with Gasteiger partial charge in [-0.3, -0.25) is 0 Å². The molecule has 4 heterocycles. The van der Waals surface area contributed by atoms with Crippen LogP contribution in [-0.4, -0.2) is 37.7 Å². The lowest BCUT2D eigenvalue weighted by molar-refractivity contribution is 0.0711. The Labute approximate surface area is 147 Å². The number of rotatable bonds is 5. The van der Waals surface area contributed by atoms with E-state index in [0.717, 1.165) is 29.5 Å². The molecule has 5 heteroatoms. The molecule has 3 fully saturated rings. The van der Waals surface area contributed by atoms with Crippen molar-refractivity contribution in [2.24, 2.45) is 5.92 Å². The van der Waals surface area contributed by atoms with Gasteiger partial charge in [0, 0.05) is 18.2 Å². The van der Waals surface area contributed by atoms with E-state index in [-0.39, 0.29) is 0 Å². The molecule has 1 aromatic carbocycles. The van der Waals surface area contributed by atoms with Crippen LogP contribution >= 0.6 is 11.6 Å². The topological polar surface area (TPSA) is 37.6 Å². The second-order valence-electron chi connectivity index (χ2n) is 6.74. The predicted octanol–water partition coefficient (Wildman–Crippen LogP) is 3.79. The fourth-order valence-corrected chi connectivity index (χ4v) is 4.13. The first-order valence-corrected chi connectivity index (χ1v) is 8.99. The maximum Gasteiger partial charge on any atom is 0.137 e. The second kappa shape index (κ2) is 6.79.